The number of aromatic carboxylic acids is 1. The Morgan fingerprint density at radius 2 is 1.75 bits per heavy atom. The number of carboxylic acids is 1. The summed E-state index contributed by atoms with van der Waals surface area (Å²) in [5, 5.41) is 9.01. The van der Waals surface area contributed by atoms with Crippen LogP contribution in [0.2, 0.25) is 0 Å². The number of benzene rings is 1. The predicted octanol–water partition coefficient (Wildman–Crippen LogP) is 1.52. The van der Waals surface area contributed by atoms with Crippen molar-refractivity contribution >= 4 is 16.0 Å². The number of nitrogens with zero attached hydrogens (tertiary/aromatic N) is 1. The van der Waals surface area contributed by atoms with Gasteiger partial charge in [-0.25, -0.2) is 13.2 Å². The number of H-pyrrole nitrogens is 1. The summed E-state index contributed by atoms with van der Waals surface area (Å²) in [6.45, 7) is 1.04. The van der Waals surface area contributed by atoms with Gasteiger partial charge in [-0.15, -0.1) is 0 Å². The van der Waals surface area contributed by atoms with Crippen LogP contribution in [0.15, 0.2) is 46.2 Å². The van der Waals surface area contributed by atoms with Crippen LogP contribution in [-0.4, -0.2) is 41.9 Å². The third kappa shape index (κ3) is 2.98. The first-order valence-corrected chi connectivity index (χ1v) is 8.90. The molecule has 0 aliphatic carbocycles. The number of hydrogen-bond acceptors (Lipinski definition) is 4. The number of hydrogen-bond donors (Lipinski definition) is 2. The zero-order valence-corrected chi connectivity index (χ0v) is 13.5. The van der Waals surface area contributed by atoms with E-state index >= 15 is 0 Å². The molecule has 3 rings (SSSR count). The largest absolute Gasteiger partial charge is 0.478 e. The Hall–Kier alpha value is -2.45. The molecule has 24 heavy (non-hydrogen) atoms. The monoisotopic (exact) mass is 348 g/mol. The topological polar surface area (TPSA) is 108 Å². The molecule has 0 atom stereocenters. The molecular formula is C16H16N2O5S. The number of nitrogens with one attached hydrogen (secondary N) is 1. The normalized spacial score (nSPS) is 15.5. The molecule has 2 aromatic rings. The van der Waals surface area contributed by atoms with E-state index < -0.39 is 21.6 Å². The second-order valence-electron chi connectivity index (χ2n) is 5.57. The molecule has 2 heterocycles. The van der Waals surface area contributed by atoms with Crippen LogP contribution in [0.4, 0.5) is 0 Å². The maximum absolute atomic E-state index is 12.5. The van der Waals surface area contributed by atoms with E-state index in [0.29, 0.717) is 18.7 Å². The van der Waals surface area contributed by atoms with Gasteiger partial charge in [0, 0.05) is 24.8 Å². The summed E-state index contributed by atoms with van der Waals surface area (Å²) in [5.74, 6) is -1.15. The van der Waals surface area contributed by atoms with Gasteiger partial charge in [-0.05, 0) is 36.6 Å². The summed E-state index contributed by atoms with van der Waals surface area (Å²) in [6.07, 6.45) is 2.84. The lowest BCUT2D eigenvalue weighted by molar-refractivity contribution is 0.0696. The van der Waals surface area contributed by atoms with Gasteiger partial charge in [0.15, 0.2) is 0 Å². The van der Waals surface area contributed by atoms with Crippen LogP contribution in [0, 0.1) is 0 Å². The fourth-order valence-corrected chi connectivity index (χ4v) is 4.22. The van der Waals surface area contributed by atoms with Crippen LogP contribution in [0.1, 0.15) is 23.2 Å². The minimum absolute atomic E-state index is 0.0432. The third-order valence-corrected chi connectivity index (χ3v) is 5.93. The molecule has 8 heteroatoms. The van der Waals surface area contributed by atoms with Crippen molar-refractivity contribution in [3.63, 3.8) is 0 Å². The van der Waals surface area contributed by atoms with Gasteiger partial charge in [-0.3, -0.25) is 4.79 Å². The first-order valence-electron chi connectivity index (χ1n) is 7.46. The summed E-state index contributed by atoms with van der Waals surface area (Å²) < 4.78 is 26.4. The van der Waals surface area contributed by atoms with Gasteiger partial charge in [0.2, 0.25) is 10.0 Å². The van der Waals surface area contributed by atoms with E-state index in [4.69, 9.17) is 5.11 Å². The lowest BCUT2D eigenvalue weighted by Crippen LogP contribution is -2.27. The Balaban J connectivity index is 1.97. The van der Waals surface area contributed by atoms with E-state index in [-0.39, 0.29) is 16.0 Å². The first-order chi connectivity index (χ1) is 11.4. The highest BCUT2D eigenvalue weighted by Crippen LogP contribution is 2.23. The maximum Gasteiger partial charge on any atom is 0.337 e. The Morgan fingerprint density at radius 3 is 2.33 bits per heavy atom. The highest BCUT2D eigenvalue weighted by Gasteiger charge is 2.27. The molecule has 1 aliphatic heterocycles. The van der Waals surface area contributed by atoms with Crippen molar-refractivity contribution in [3.8, 4) is 11.1 Å². The molecular weight excluding hydrogens is 332 g/mol. The van der Waals surface area contributed by atoms with Gasteiger partial charge in [0.25, 0.3) is 5.56 Å². The number of pyridine rings is 1. The number of aromatic amines is 1. The molecule has 0 spiro atoms. The summed E-state index contributed by atoms with van der Waals surface area (Å²) >= 11 is 0. The van der Waals surface area contributed by atoms with Gasteiger partial charge in [-0.1, -0.05) is 12.1 Å². The second kappa shape index (κ2) is 6.21. The Bertz CT molecular complexity index is 926. The van der Waals surface area contributed by atoms with Crippen LogP contribution in [0.5, 0.6) is 0 Å². The summed E-state index contributed by atoms with van der Waals surface area (Å²) in [7, 11) is -3.52. The van der Waals surface area contributed by atoms with Crippen LogP contribution < -0.4 is 5.56 Å². The maximum atomic E-state index is 12.5. The Labute approximate surface area is 138 Å². The third-order valence-electron chi connectivity index (χ3n) is 4.02. The number of carboxylic acid groups (broad SMARTS) is 1. The molecule has 1 saturated heterocycles. The van der Waals surface area contributed by atoms with Crippen molar-refractivity contribution in [1.82, 2.24) is 9.29 Å². The molecule has 7 nitrogen and oxygen atoms in total. The van der Waals surface area contributed by atoms with E-state index in [1.54, 1.807) is 0 Å². The van der Waals surface area contributed by atoms with Crippen LogP contribution in [0.3, 0.4) is 0 Å². The van der Waals surface area contributed by atoms with Gasteiger partial charge in [0.1, 0.15) is 0 Å². The van der Waals surface area contributed by atoms with E-state index in [0.717, 1.165) is 19.0 Å². The number of aromatic nitrogens is 1. The molecule has 0 amide bonds. The molecule has 0 radical (unpaired) electrons. The Kier molecular flexibility index (Phi) is 4.25. The molecule has 1 aromatic carbocycles. The van der Waals surface area contributed by atoms with Crippen molar-refractivity contribution in [2.45, 2.75) is 17.7 Å². The molecule has 2 N–H and O–H groups in total. The van der Waals surface area contributed by atoms with Crippen molar-refractivity contribution in [2.24, 2.45) is 0 Å². The lowest BCUT2D eigenvalue weighted by Gasteiger charge is -2.15. The van der Waals surface area contributed by atoms with Gasteiger partial charge in [-0.2, -0.15) is 4.31 Å². The van der Waals surface area contributed by atoms with E-state index in [1.165, 1.54) is 34.6 Å². The minimum atomic E-state index is -3.52. The smallest absolute Gasteiger partial charge is 0.337 e. The fraction of sp³-hybridized carbons (Fsp3) is 0.250. The first kappa shape index (κ1) is 16.4. The number of rotatable bonds is 4. The zero-order valence-electron chi connectivity index (χ0n) is 12.7. The summed E-state index contributed by atoms with van der Waals surface area (Å²) in [4.78, 5) is 25.5. The standard InChI is InChI=1S/C16H16N2O5S/c19-15-14(9-12(10-17-15)16(20)21)11-3-5-13(6-4-11)24(22,23)18-7-1-2-8-18/h3-6,9-10H,1-2,7-8H2,(H,17,19)(H,20,21). The van der Waals surface area contributed by atoms with Crippen LogP contribution in [0.25, 0.3) is 11.1 Å². The highest BCUT2D eigenvalue weighted by atomic mass is 32.2. The van der Waals surface area contributed by atoms with E-state index in [1.807, 2.05) is 0 Å². The van der Waals surface area contributed by atoms with Gasteiger partial charge in [0.05, 0.1) is 10.5 Å². The minimum Gasteiger partial charge on any atom is -0.478 e. The predicted molar refractivity (Wildman–Crippen MR) is 87.5 cm³/mol. The SMILES string of the molecule is O=C(O)c1c[nH]c(=O)c(-c2ccc(S(=O)(=O)N3CCCC3)cc2)c1. The fourth-order valence-electron chi connectivity index (χ4n) is 2.71. The number of sulfonamides is 1. The summed E-state index contributed by atoms with van der Waals surface area (Å²) in [6, 6.07) is 7.18. The molecule has 0 bridgehead atoms. The van der Waals surface area contributed by atoms with Crippen LogP contribution in [-0.2, 0) is 10.0 Å². The zero-order chi connectivity index (χ0) is 17.3. The average molecular weight is 348 g/mol. The molecule has 0 unspecified atom stereocenters. The quantitative estimate of drug-likeness (QED) is 0.871. The van der Waals surface area contributed by atoms with Crippen LogP contribution >= 0.6 is 0 Å². The second-order valence-corrected chi connectivity index (χ2v) is 7.51. The van der Waals surface area contributed by atoms with Crippen molar-refractivity contribution < 1.29 is 18.3 Å². The van der Waals surface area contributed by atoms with Gasteiger partial charge >= 0.3 is 5.97 Å². The van der Waals surface area contributed by atoms with E-state index in [2.05, 4.69) is 4.98 Å². The molecule has 0 saturated carbocycles. The van der Waals surface area contributed by atoms with Crippen molar-refractivity contribution in [3.05, 3.63) is 52.4 Å². The average Bonchev–Trinajstić information content (AvgIpc) is 3.10. The van der Waals surface area contributed by atoms with Crippen molar-refractivity contribution in [2.75, 3.05) is 13.1 Å². The summed E-state index contributed by atoms with van der Waals surface area (Å²) in [5.41, 5.74) is 0.160. The van der Waals surface area contributed by atoms with Gasteiger partial charge < -0.3 is 10.1 Å². The molecule has 1 aromatic heterocycles. The molecule has 1 aliphatic rings. The Morgan fingerprint density at radius 1 is 1.12 bits per heavy atom. The highest BCUT2D eigenvalue weighted by molar-refractivity contribution is 7.89. The molecule has 1 fully saturated rings. The number of carbonyl (C=O) groups is 1. The molecule has 126 valence electrons. The van der Waals surface area contributed by atoms with Crippen molar-refractivity contribution in [1.29, 1.82) is 0 Å². The lowest BCUT2D eigenvalue weighted by atomic mass is 10.1. The van der Waals surface area contributed by atoms with E-state index in [9.17, 15) is 18.0 Å².